The molecular weight excluding hydrogens is 545 g/mol. The summed E-state index contributed by atoms with van der Waals surface area (Å²) in [6, 6.07) is 6.03. The van der Waals surface area contributed by atoms with Crippen molar-refractivity contribution in [2.75, 3.05) is 6.54 Å². The summed E-state index contributed by atoms with van der Waals surface area (Å²) < 4.78 is 93.0. The smallest absolute Gasteiger partial charge is 0.351 e. The van der Waals surface area contributed by atoms with E-state index < -0.39 is 52.5 Å². The van der Waals surface area contributed by atoms with Gasteiger partial charge in [0.05, 0.1) is 10.6 Å². The van der Waals surface area contributed by atoms with Crippen molar-refractivity contribution in [1.82, 2.24) is 24.6 Å². The Morgan fingerprint density at radius 3 is 2.36 bits per heavy atom. The van der Waals surface area contributed by atoms with Gasteiger partial charge < -0.3 is 5.32 Å². The number of nitrogens with zero attached hydrogens (tertiary/aromatic N) is 4. The normalized spacial score (nSPS) is 20.2. The SMILES string of the molecule is O=C(NCc1cc(-c2cnc(C(F)(F)F)nc2)nc(C2CC2)c1)C1C[C@@H](F)CN1S(=O)(=O)c1ccc(F)cc1. The van der Waals surface area contributed by atoms with Gasteiger partial charge >= 0.3 is 6.18 Å². The molecule has 14 heteroatoms. The fourth-order valence-corrected chi connectivity index (χ4v) is 5.99. The molecule has 2 fully saturated rings. The Bertz CT molecular complexity index is 1480. The minimum Gasteiger partial charge on any atom is -0.351 e. The molecule has 1 saturated heterocycles. The van der Waals surface area contributed by atoms with E-state index in [1.807, 2.05) is 0 Å². The Labute approximate surface area is 220 Å². The van der Waals surface area contributed by atoms with Crippen LogP contribution in [0.4, 0.5) is 22.0 Å². The number of hydrogen-bond donors (Lipinski definition) is 1. The number of benzene rings is 1. The van der Waals surface area contributed by atoms with Crippen LogP contribution >= 0.6 is 0 Å². The van der Waals surface area contributed by atoms with Gasteiger partial charge in [-0.25, -0.2) is 27.2 Å². The first kappa shape index (κ1) is 27.1. The molecule has 3 aromatic rings. The standard InChI is InChI=1S/C25H22F5N5O3S/c26-17-3-5-19(6-4-17)39(37,38)35-13-18(27)9-22(35)23(36)31-10-14-7-20(15-1-2-15)34-21(8-14)16-11-32-24(33-12-16)25(28,29)30/h3-8,11-12,15,18,22H,1-2,9-10,13H2,(H,31,36)/t18-,22?/m1/s1. The number of hydrogen-bond acceptors (Lipinski definition) is 6. The first-order chi connectivity index (χ1) is 18.4. The minimum absolute atomic E-state index is 0.0621. The summed E-state index contributed by atoms with van der Waals surface area (Å²) in [7, 11) is -4.27. The number of nitrogens with one attached hydrogen (secondary N) is 1. The summed E-state index contributed by atoms with van der Waals surface area (Å²) in [5, 5.41) is 2.64. The summed E-state index contributed by atoms with van der Waals surface area (Å²) in [5.41, 5.74) is 1.84. The van der Waals surface area contributed by atoms with Gasteiger partial charge in [0.1, 0.15) is 18.0 Å². The van der Waals surface area contributed by atoms with Gasteiger partial charge in [0.25, 0.3) is 0 Å². The Kier molecular flexibility index (Phi) is 7.10. The molecule has 1 aliphatic heterocycles. The van der Waals surface area contributed by atoms with Gasteiger partial charge in [-0.2, -0.15) is 17.5 Å². The van der Waals surface area contributed by atoms with Crippen molar-refractivity contribution in [3.05, 3.63) is 71.7 Å². The summed E-state index contributed by atoms with van der Waals surface area (Å²) in [6.45, 7) is -0.579. The number of amides is 1. The highest BCUT2D eigenvalue weighted by Gasteiger charge is 2.44. The number of carbonyl (C=O) groups excluding carboxylic acids is 1. The van der Waals surface area contributed by atoms with E-state index in [0.29, 0.717) is 17.0 Å². The molecule has 1 saturated carbocycles. The maximum absolute atomic E-state index is 14.3. The van der Waals surface area contributed by atoms with Crippen molar-refractivity contribution in [3.8, 4) is 11.3 Å². The van der Waals surface area contributed by atoms with Gasteiger partial charge in [-0.1, -0.05) is 0 Å². The van der Waals surface area contributed by atoms with E-state index in [9.17, 15) is 35.2 Å². The lowest BCUT2D eigenvalue weighted by atomic mass is 10.1. The van der Waals surface area contributed by atoms with Gasteiger partial charge in [-0.3, -0.25) is 9.78 Å². The van der Waals surface area contributed by atoms with Crippen LogP contribution in [-0.4, -0.2) is 52.3 Å². The summed E-state index contributed by atoms with van der Waals surface area (Å²) in [5.74, 6) is -2.46. The zero-order chi connectivity index (χ0) is 27.9. The molecule has 39 heavy (non-hydrogen) atoms. The molecule has 1 unspecified atom stereocenters. The summed E-state index contributed by atoms with van der Waals surface area (Å²) in [6.07, 6.45) is -2.77. The summed E-state index contributed by atoms with van der Waals surface area (Å²) in [4.78, 5) is 24.0. The van der Waals surface area contributed by atoms with Crippen LogP contribution < -0.4 is 5.32 Å². The van der Waals surface area contributed by atoms with Crippen LogP contribution in [0.2, 0.25) is 0 Å². The Morgan fingerprint density at radius 2 is 1.74 bits per heavy atom. The molecule has 5 rings (SSSR count). The average molecular weight is 568 g/mol. The van der Waals surface area contributed by atoms with E-state index >= 15 is 0 Å². The van der Waals surface area contributed by atoms with Gasteiger partial charge in [-0.15, -0.1) is 0 Å². The second-order valence-electron chi connectivity index (χ2n) is 9.45. The fourth-order valence-electron chi connectivity index (χ4n) is 4.36. The van der Waals surface area contributed by atoms with Gasteiger partial charge in [-0.05, 0) is 54.8 Å². The molecule has 0 spiro atoms. The lowest BCUT2D eigenvalue weighted by molar-refractivity contribution is -0.145. The maximum Gasteiger partial charge on any atom is 0.451 e. The maximum atomic E-state index is 14.3. The van der Waals surface area contributed by atoms with Crippen molar-refractivity contribution in [2.45, 2.75) is 55.0 Å². The molecule has 0 bridgehead atoms. The van der Waals surface area contributed by atoms with Crippen LogP contribution in [0.3, 0.4) is 0 Å². The van der Waals surface area contributed by atoms with E-state index in [2.05, 4.69) is 20.3 Å². The summed E-state index contributed by atoms with van der Waals surface area (Å²) >= 11 is 0. The molecule has 1 aromatic carbocycles. The van der Waals surface area contributed by atoms with Gasteiger partial charge in [0.2, 0.25) is 21.8 Å². The van der Waals surface area contributed by atoms with Crippen LogP contribution in [0, 0.1) is 5.82 Å². The third-order valence-corrected chi connectivity index (χ3v) is 8.38. The molecule has 1 N–H and O–H groups in total. The van der Waals surface area contributed by atoms with Crippen LogP contribution in [-0.2, 0) is 27.5 Å². The van der Waals surface area contributed by atoms with Crippen LogP contribution in [0.25, 0.3) is 11.3 Å². The molecule has 2 aliphatic rings. The lowest BCUT2D eigenvalue weighted by Crippen LogP contribution is -2.45. The molecule has 206 valence electrons. The molecule has 2 aromatic heterocycles. The highest BCUT2D eigenvalue weighted by molar-refractivity contribution is 7.89. The highest BCUT2D eigenvalue weighted by Crippen LogP contribution is 2.40. The number of sulfonamides is 1. The Balaban J connectivity index is 1.35. The van der Waals surface area contributed by atoms with E-state index in [1.54, 1.807) is 12.1 Å². The first-order valence-electron chi connectivity index (χ1n) is 12.0. The largest absolute Gasteiger partial charge is 0.451 e. The molecule has 1 amide bonds. The van der Waals surface area contributed by atoms with Crippen LogP contribution in [0.1, 0.15) is 42.3 Å². The monoisotopic (exact) mass is 567 g/mol. The molecule has 3 heterocycles. The molecule has 1 aliphatic carbocycles. The van der Waals surface area contributed by atoms with Gasteiger partial charge in [0, 0.05) is 49.1 Å². The molecule has 2 atom stereocenters. The number of pyridine rings is 1. The van der Waals surface area contributed by atoms with Crippen molar-refractivity contribution in [3.63, 3.8) is 0 Å². The van der Waals surface area contributed by atoms with Gasteiger partial charge in [0.15, 0.2) is 0 Å². The third kappa shape index (κ3) is 5.91. The van der Waals surface area contributed by atoms with E-state index in [-0.39, 0.29) is 29.3 Å². The Morgan fingerprint density at radius 1 is 1.08 bits per heavy atom. The van der Waals surface area contributed by atoms with Crippen molar-refractivity contribution >= 4 is 15.9 Å². The fraction of sp³-hybridized carbons (Fsp3) is 0.360. The highest BCUT2D eigenvalue weighted by atomic mass is 32.2. The van der Waals surface area contributed by atoms with E-state index in [0.717, 1.165) is 53.8 Å². The minimum atomic E-state index is -4.69. The van der Waals surface area contributed by atoms with Crippen LogP contribution in [0.5, 0.6) is 0 Å². The van der Waals surface area contributed by atoms with Crippen LogP contribution in [0.15, 0.2) is 53.7 Å². The number of carbonyl (C=O) groups is 1. The lowest BCUT2D eigenvalue weighted by Gasteiger charge is -2.23. The van der Waals surface area contributed by atoms with E-state index in [4.69, 9.17) is 0 Å². The first-order valence-corrected chi connectivity index (χ1v) is 13.5. The van der Waals surface area contributed by atoms with E-state index in [1.165, 1.54) is 0 Å². The average Bonchev–Trinajstić information content (AvgIpc) is 3.67. The second kappa shape index (κ2) is 10.2. The molecule has 8 nitrogen and oxygen atoms in total. The Hall–Kier alpha value is -3.52. The number of aromatic nitrogens is 3. The topological polar surface area (TPSA) is 105 Å². The number of rotatable bonds is 7. The molecular formula is C25H22F5N5O3S. The number of alkyl halides is 4. The molecule has 0 radical (unpaired) electrons. The van der Waals surface area contributed by atoms with Crippen molar-refractivity contribution in [1.29, 1.82) is 0 Å². The third-order valence-electron chi connectivity index (χ3n) is 6.50. The zero-order valence-electron chi connectivity index (χ0n) is 20.2. The quantitative estimate of drug-likeness (QED) is 0.433. The predicted molar refractivity (Wildman–Crippen MR) is 128 cm³/mol. The van der Waals surface area contributed by atoms with Crippen molar-refractivity contribution in [2.24, 2.45) is 0 Å². The predicted octanol–water partition coefficient (Wildman–Crippen LogP) is 3.99. The zero-order valence-corrected chi connectivity index (χ0v) is 21.0. The number of halogens is 5. The second-order valence-corrected chi connectivity index (χ2v) is 11.3. The van der Waals surface area contributed by atoms with Crippen molar-refractivity contribution < 1.29 is 35.2 Å².